The maximum Gasteiger partial charge on any atom is 0.326 e. The Kier molecular flexibility index (Phi) is 5.22. The molecule has 0 bridgehead atoms. The number of aliphatic carboxylic acids is 1. The molecular formula is C17H22BrN3O3. The molecule has 1 amide bonds. The Bertz CT molecular complexity index is 622. The van der Waals surface area contributed by atoms with Crippen LogP contribution in [0.1, 0.15) is 37.8 Å². The van der Waals surface area contributed by atoms with Crippen molar-refractivity contribution in [2.24, 2.45) is 5.92 Å². The van der Waals surface area contributed by atoms with Crippen LogP contribution in [0.5, 0.6) is 0 Å². The topological polar surface area (TPSA) is 81.7 Å². The van der Waals surface area contributed by atoms with Crippen molar-refractivity contribution in [1.82, 2.24) is 15.8 Å². The monoisotopic (exact) mass is 395 g/mol. The standard InChI is InChI=1S/C17H22BrN3O3/c1-10-6-7-21(15(8-10)17(23)24)16(22)14-9-13(19-20-14)11-2-4-12(18)5-3-11/h2-5,10,13-15,19-20H,6-9H2,1H3,(H,23,24). The third-order valence-corrected chi connectivity index (χ3v) is 5.44. The Morgan fingerprint density at radius 3 is 2.58 bits per heavy atom. The molecule has 2 heterocycles. The van der Waals surface area contributed by atoms with Gasteiger partial charge in [-0.1, -0.05) is 35.0 Å². The SMILES string of the molecule is CC1CCN(C(=O)C2CC(c3ccc(Br)cc3)NN2)C(C(=O)O)C1. The van der Waals surface area contributed by atoms with E-state index in [2.05, 4.69) is 26.8 Å². The van der Waals surface area contributed by atoms with Crippen LogP contribution in [-0.4, -0.2) is 40.5 Å². The van der Waals surface area contributed by atoms with Gasteiger partial charge in [0, 0.05) is 17.1 Å². The summed E-state index contributed by atoms with van der Waals surface area (Å²) in [6.07, 6.45) is 1.99. The van der Waals surface area contributed by atoms with Gasteiger partial charge in [-0.25, -0.2) is 15.6 Å². The molecule has 2 aliphatic rings. The van der Waals surface area contributed by atoms with E-state index >= 15 is 0 Å². The van der Waals surface area contributed by atoms with Crippen molar-refractivity contribution in [2.75, 3.05) is 6.54 Å². The number of benzene rings is 1. The summed E-state index contributed by atoms with van der Waals surface area (Å²) in [7, 11) is 0. The largest absolute Gasteiger partial charge is 0.480 e. The van der Waals surface area contributed by atoms with Crippen molar-refractivity contribution in [1.29, 1.82) is 0 Å². The van der Waals surface area contributed by atoms with Crippen molar-refractivity contribution in [3.8, 4) is 0 Å². The molecule has 0 saturated carbocycles. The van der Waals surface area contributed by atoms with Gasteiger partial charge in [0.05, 0.1) is 0 Å². The van der Waals surface area contributed by atoms with Crippen molar-refractivity contribution in [3.05, 3.63) is 34.3 Å². The molecule has 24 heavy (non-hydrogen) atoms. The molecule has 1 aromatic carbocycles. The van der Waals surface area contributed by atoms with Crippen molar-refractivity contribution in [2.45, 2.75) is 44.3 Å². The summed E-state index contributed by atoms with van der Waals surface area (Å²) in [6, 6.07) is 6.90. The Morgan fingerprint density at radius 2 is 1.92 bits per heavy atom. The molecule has 3 rings (SSSR count). The van der Waals surface area contributed by atoms with Crippen LogP contribution in [0.3, 0.4) is 0 Å². The molecule has 130 valence electrons. The second-order valence-corrected chi connectivity index (χ2v) is 7.61. The Hall–Kier alpha value is -1.44. The molecule has 4 atom stereocenters. The average Bonchev–Trinajstić information content (AvgIpc) is 3.04. The van der Waals surface area contributed by atoms with Gasteiger partial charge in [0.2, 0.25) is 5.91 Å². The first-order chi connectivity index (χ1) is 11.5. The second-order valence-electron chi connectivity index (χ2n) is 6.70. The number of likely N-dealkylation sites (tertiary alicyclic amines) is 1. The summed E-state index contributed by atoms with van der Waals surface area (Å²) in [5.41, 5.74) is 7.30. The Labute approximate surface area is 149 Å². The highest BCUT2D eigenvalue weighted by Crippen LogP contribution is 2.28. The summed E-state index contributed by atoms with van der Waals surface area (Å²) in [5.74, 6) is -0.702. The van der Waals surface area contributed by atoms with Crippen LogP contribution < -0.4 is 10.9 Å². The van der Waals surface area contributed by atoms with Crippen LogP contribution in [0.4, 0.5) is 0 Å². The van der Waals surface area contributed by atoms with Crippen molar-refractivity contribution in [3.63, 3.8) is 0 Å². The Balaban J connectivity index is 1.67. The fourth-order valence-corrected chi connectivity index (χ4v) is 3.74. The molecule has 6 nitrogen and oxygen atoms in total. The van der Waals surface area contributed by atoms with Crippen LogP contribution in [0, 0.1) is 5.92 Å². The Morgan fingerprint density at radius 1 is 1.21 bits per heavy atom. The molecule has 1 aromatic rings. The zero-order chi connectivity index (χ0) is 17.3. The van der Waals surface area contributed by atoms with E-state index in [0.717, 1.165) is 16.5 Å². The number of hydrogen-bond donors (Lipinski definition) is 3. The number of hydrazine groups is 1. The van der Waals surface area contributed by atoms with Gasteiger partial charge in [-0.15, -0.1) is 0 Å². The third-order valence-electron chi connectivity index (χ3n) is 4.91. The number of halogens is 1. The van der Waals surface area contributed by atoms with Gasteiger partial charge in [-0.3, -0.25) is 4.79 Å². The summed E-state index contributed by atoms with van der Waals surface area (Å²) < 4.78 is 1.01. The number of nitrogens with zero attached hydrogens (tertiary/aromatic N) is 1. The molecule has 7 heteroatoms. The maximum atomic E-state index is 12.8. The molecule has 2 fully saturated rings. The quantitative estimate of drug-likeness (QED) is 0.729. The van der Waals surface area contributed by atoms with E-state index < -0.39 is 18.1 Å². The number of amides is 1. The normalized spacial score (nSPS) is 30.3. The van der Waals surface area contributed by atoms with Gasteiger partial charge >= 0.3 is 5.97 Å². The highest BCUT2D eigenvalue weighted by Gasteiger charge is 2.40. The number of hydrogen-bond acceptors (Lipinski definition) is 4. The molecule has 0 radical (unpaired) electrons. The van der Waals surface area contributed by atoms with E-state index in [1.54, 1.807) is 0 Å². The first-order valence-corrected chi connectivity index (χ1v) is 9.05. The second kappa shape index (κ2) is 7.21. The molecule has 3 N–H and O–H groups in total. The molecule has 0 aliphatic carbocycles. The lowest BCUT2D eigenvalue weighted by molar-refractivity contribution is -0.153. The summed E-state index contributed by atoms with van der Waals surface area (Å²) in [4.78, 5) is 25.9. The van der Waals surface area contributed by atoms with Crippen LogP contribution >= 0.6 is 15.9 Å². The van der Waals surface area contributed by atoms with Crippen LogP contribution in [0.25, 0.3) is 0 Å². The van der Waals surface area contributed by atoms with E-state index in [1.807, 2.05) is 31.2 Å². The number of piperidine rings is 1. The lowest BCUT2D eigenvalue weighted by atomic mass is 9.91. The number of rotatable bonds is 3. The fourth-order valence-electron chi connectivity index (χ4n) is 3.47. The highest BCUT2D eigenvalue weighted by molar-refractivity contribution is 9.10. The van der Waals surface area contributed by atoms with Crippen LogP contribution in [-0.2, 0) is 9.59 Å². The summed E-state index contributed by atoms with van der Waals surface area (Å²) in [6.45, 7) is 2.55. The fraction of sp³-hybridized carbons (Fsp3) is 0.529. The predicted octanol–water partition coefficient (Wildman–Crippen LogP) is 2.07. The molecule has 0 spiro atoms. The van der Waals surface area contributed by atoms with Crippen molar-refractivity contribution < 1.29 is 14.7 Å². The number of carbonyl (C=O) groups is 2. The minimum Gasteiger partial charge on any atom is -0.480 e. The maximum absolute atomic E-state index is 12.8. The van der Waals surface area contributed by atoms with E-state index in [9.17, 15) is 14.7 Å². The highest BCUT2D eigenvalue weighted by atomic mass is 79.9. The molecule has 0 aromatic heterocycles. The number of carboxylic acid groups (broad SMARTS) is 1. The molecular weight excluding hydrogens is 374 g/mol. The number of nitrogens with one attached hydrogen (secondary N) is 2. The van der Waals surface area contributed by atoms with E-state index in [0.29, 0.717) is 25.3 Å². The van der Waals surface area contributed by atoms with E-state index in [1.165, 1.54) is 4.90 Å². The van der Waals surface area contributed by atoms with Gasteiger partial charge in [0.15, 0.2) is 0 Å². The molecule has 4 unspecified atom stereocenters. The molecule has 2 saturated heterocycles. The van der Waals surface area contributed by atoms with Gasteiger partial charge in [0.1, 0.15) is 12.1 Å². The minimum atomic E-state index is -0.912. The smallest absolute Gasteiger partial charge is 0.326 e. The summed E-state index contributed by atoms with van der Waals surface area (Å²) >= 11 is 3.41. The van der Waals surface area contributed by atoms with Crippen LogP contribution in [0.2, 0.25) is 0 Å². The van der Waals surface area contributed by atoms with Gasteiger partial charge in [-0.2, -0.15) is 0 Å². The summed E-state index contributed by atoms with van der Waals surface area (Å²) in [5, 5.41) is 9.44. The predicted molar refractivity (Wildman–Crippen MR) is 93.1 cm³/mol. The zero-order valence-corrected chi connectivity index (χ0v) is 15.1. The first-order valence-electron chi connectivity index (χ1n) is 8.25. The van der Waals surface area contributed by atoms with Gasteiger partial charge in [-0.05, 0) is 42.9 Å². The molecule has 2 aliphatic heterocycles. The number of carboxylic acids is 1. The lowest BCUT2D eigenvalue weighted by Crippen LogP contribution is -2.55. The zero-order valence-electron chi connectivity index (χ0n) is 13.5. The van der Waals surface area contributed by atoms with Crippen LogP contribution in [0.15, 0.2) is 28.7 Å². The van der Waals surface area contributed by atoms with Gasteiger partial charge in [0.25, 0.3) is 0 Å². The lowest BCUT2D eigenvalue weighted by Gasteiger charge is -2.37. The number of carbonyl (C=O) groups excluding carboxylic acids is 1. The van der Waals surface area contributed by atoms with E-state index in [-0.39, 0.29) is 11.9 Å². The van der Waals surface area contributed by atoms with Crippen molar-refractivity contribution >= 4 is 27.8 Å². The average molecular weight is 396 g/mol. The van der Waals surface area contributed by atoms with Gasteiger partial charge < -0.3 is 10.0 Å². The first kappa shape index (κ1) is 17.4. The third kappa shape index (κ3) is 3.63. The van der Waals surface area contributed by atoms with E-state index in [4.69, 9.17) is 0 Å². The minimum absolute atomic E-state index is 0.0408.